The zero-order valence-electron chi connectivity index (χ0n) is 12.3. The van der Waals surface area contributed by atoms with Gasteiger partial charge < -0.3 is 10.2 Å². The Morgan fingerprint density at radius 2 is 1.95 bits per heavy atom. The first-order valence-electron chi connectivity index (χ1n) is 7.30. The molecular weight excluding hydrogens is 300 g/mol. The fourth-order valence-corrected chi connectivity index (χ4v) is 2.65. The molecule has 0 atom stereocenters. The van der Waals surface area contributed by atoms with Crippen molar-refractivity contribution in [2.75, 3.05) is 18.4 Å². The maximum Gasteiger partial charge on any atom is 0.274 e. The third kappa shape index (κ3) is 3.04. The number of likely N-dealkylation sites (tertiary alicyclic amines) is 1. The number of nitrogens with one attached hydrogen (secondary N) is 1. The molecule has 1 amide bonds. The molecule has 5 nitrogen and oxygen atoms in total. The van der Waals surface area contributed by atoms with Crippen molar-refractivity contribution in [2.45, 2.75) is 19.8 Å². The number of anilines is 2. The first kappa shape index (κ1) is 14.8. The van der Waals surface area contributed by atoms with Gasteiger partial charge in [0.05, 0.1) is 0 Å². The number of halogens is 1. The van der Waals surface area contributed by atoms with Gasteiger partial charge in [0, 0.05) is 23.8 Å². The van der Waals surface area contributed by atoms with Crippen LogP contribution in [0, 0.1) is 6.92 Å². The van der Waals surface area contributed by atoms with E-state index in [0.717, 1.165) is 37.2 Å². The van der Waals surface area contributed by atoms with Crippen LogP contribution in [0.1, 0.15) is 28.9 Å². The van der Waals surface area contributed by atoms with E-state index < -0.39 is 0 Å². The molecule has 6 heteroatoms. The van der Waals surface area contributed by atoms with Crippen molar-refractivity contribution in [3.8, 4) is 0 Å². The van der Waals surface area contributed by atoms with E-state index in [-0.39, 0.29) is 5.91 Å². The van der Waals surface area contributed by atoms with E-state index in [9.17, 15) is 4.79 Å². The van der Waals surface area contributed by atoms with E-state index in [0.29, 0.717) is 16.5 Å². The van der Waals surface area contributed by atoms with Crippen molar-refractivity contribution < 1.29 is 4.79 Å². The molecule has 1 N–H and O–H groups in total. The largest absolute Gasteiger partial charge is 0.338 e. The summed E-state index contributed by atoms with van der Waals surface area (Å²) in [5.41, 5.74) is 2.21. The second kappa shape index (κ2) is 6.32. The first-order chi connectivity index (χ1) is 10.6. The second-order valence-electron chi connectivity index (χ2n) is 5.34. The Balaban J connectivity index is 1.74. The van der Waals surface area contributed by atoms with E-state index >= 15 is 0 Å². The minimum atomic E-state index is -0.0458. The molecule has 0 saturated carbocycles. The second-order valence-corrected chi connectivity index (χ2v) is 5.75. The third-order valence-corrected chi connectivity index (χ3v) is 4.22. The number of rotatable bonds is 3. The van der Waals surface area contributed by atoms with Gasteiger partial charge in [0.15, 0.2) is 11.5 Å². The Bertz CT molecular complexity index is 681. The zero-order chi connectivity index (χ0) is 15.5. The van der Waals surface area contributed by atoms with Crippen LogP contribution < -0.4 is 5.32 Å². The fourth-order valence-electron chi connectivity index (χ4n) is 2.48. The number of aromatic nitrogens is 2. The van der Waals surface area contributed by atoms with Gasteiger partial charge in [-0.05, 0) is 49.6 Å². The van der Waals surface area contributed by atoms with Crippen LogP contribution in [0.15, 0.2) is 30.3 Å². The predicted octanol–water partition coefficient (Wildman–Crippen LogP) is 3.42. The molecule has 1 aliphatic rings. The van der Waals surface area contributed by atoms with E-state index in [4.69, 9.17) is 11.6 Å². The smallest absolute Gasteiger partial charge is 0.274 e. The molecule has 1 fully saturated rings. The van der Waals surface area contributed by atoms with Crippen molar-refractivity contribution in [1.29, 1.82) is 0 Å². The van der Waals surface area contributed by atoms with Gasteiger partial charge in [-0.2, -0.15) is 0 Å². The Morgan fingerprint density at radius 3 is 2.64 bits per heavy atom. The molecule has 1 aromatic heterocycles. The number of carbonyl (C=O) groups excluding carboxylic acids is 1. The van der Waals surface area contributed by atoms with Crippen LogP contribution in [-0.2, 0) is 0 Å². The topological polar surface area (TPSA) is 58.1 Å². The molecule has 1 aliphatic heterocycles. The highest BCUT2D eigenvalue weighted by Gasteiger charge is 2.20. The Hall–Kier alpha value is -2.14. The van der Waals surface area contributed by atoms with Gasteiger partial charge in [0.25, 0.3) is 5.91 Å². The number of hydrogen-bond donors (Lipinski definition) is 1. The minimum Gasteiger partial charge on any atom is -0.338 e. The Morgan fingerprint density at radius 1 is 1.18 bits per heavy atom. The molecule has 0 radical (unpaired) electrons. The molecule has 0 spiro atoms. The Kier molecular flexibility index (Phi) is 4.24. The average Bonchev–Trinajstić information content (AvgIpc) is 3.06. The molecule has 0 aliphatic carbocycles. The van der Waals surface area contributed by atoms with Gasteiger partial charge >= 0.3 is 0 Å². The summed E-state index contributed by atoms with van der Waals surface area (Å²) >= 11 is 6.09. The van der Waals surface area contributed by atoms with Crippen LogP contribution in [0.4, 0.5) is 11.5 Å². The summed E-state index contributed by atoms with van der Waals surface area (Å²) in [6.07, 6.45) is 2.12. The highest BCUT2D eigenvalue weighted by molar-refractivity contribution is 6.31. The van der Waals surface area contributed by atoms with Gasteiger partial charge in [-0.1, -0.05) is 17.7 Å². The third-order valence-electron chi connectivity index (χ3n) is 3.81. The number of benzene rings is 1. The lowest BCUT2D eigenvalue weighted by atomic mass is 10.2. The normalized spacial score (nSPS) is 14.2. The molecule has 2 aromatic rings. The standard InChI is InChI=1S/C16H17ClN4O/c1-11-12(17)5-4-6-13(11)18-15-8-7-14(19-20-15)16(22)21-9-2-3-10-21/h4-8H,2-3,9-10H2,1H3,(H,18,20). The monoisotopic (exact) mass is 316 g/mol. The van der Waals surface area contributed by atoms with E-state index in [1.807, 2.05) is 30.0 Å². The number of amides is 1. The summed E-state index contributed by atoms with van der Waals surface area (Å²) in [6.45, 7) is 3.55. The maximum atomic E-state index is 12.2. The molecule has 22 heavy (non-hydrogen) atoms. The number of hydrogen-bond acceptors (Lipinski definition) is 4. The molecule has 2 heterocycles. The molecule has 1 saturated heterocycles. The summed E-state index contributed by atoms with van der Waals surface area (Å²) in [7, 11) is 0. The molecule has 3 rings (SSSR count). The number of nitrogens with zero attached hydrogens (tertiary/aromatic N) is 3. The lowest BCUT2D eigenvalue weighted by Gasteiger charge is -2.14. The molecule has 1 aromatic carbocycles. The predicted molar refractivity (Wildman–Crippen MR) is 86.6 cm³/mol. The van der Waals surface area contributed by atoms with E-state index in [1.54, 1.807) is 12.1 Å². The fraction of sp³-hybridized carbons (Fsp3) is 0.312. The summed E-state index contributed by atoms with van der Waals surface area (Å²) in [5.74, 6) is 0.541. The summed E-state index contributed by atoms with van der Waals surface area (Å²) in [5, 5.41) is 12.0. The summed E-state index contributed by atoms with van der Waals surface area (Å²) in [4.78, 5) is 14.0. The molecule has 114 valence electrons. The van der Waals surface area contributed by atoms with Crippen LogP contribution >= 0.6 is 11.6 Å². The van der Waals surface area contributed by atoms with Gasteiger partial charge in [-0.25, -0.2) is 0 Å². The maximum absolute atomic E-state index is 12.2. The van der Waals surface area contributed by atoms with E-state index in [1.165, 1.54) is 0 Å². The summed E-state index contributed by atoms with van der Waals surface area (Å²) in [6, 6.07) is 9.10. The lowest BCUT2D eigenvalue weighted by Crippen LogP contribution is -2.28. The molecule has 0 unspecified atom stereocenters. The van der Waals surface area contributed by atoms with Crippen molar-refractivity contribution in [3.05, 3.63) is 46.6 Å². The van der Waals surface area contributed by atoms with Crippen LogP contribution in [0.25, 0.3) is 0 Å². The first-order valence-corrected chi connectivity index (χ1v) is 7.68. The highest BCUT2D eigenvalue weighted by Crippen LogP contribution is 2.25. The molecule has 0 bridgehead atoms. The Labute approximate surface area is 134 Å². The van der Waals surface area contributed by atoms with Crippen LogP contribution in [-0.4, -0.2) is 34.1 Å². The van der Waals surface area contributed by atoms with Crippen LogP contribution in [0.3, 0.4) is 0 Å². The van der Waals surface area contributed by atoms with Crippen LogP contribution in [0.5, 0.6) is 0 Å². The highest BCUT2D eigenvalue weighted by atomic mass is 35.5. The quantitative estimate of drug-likeness (QED) is 0.942. The van der Waals surface area contributed by atoms with Crippen molar-refractivity contribution in [3.63, 3.8) is 0 Å². The van der Waals surface area contributed by atoms with Gasteiger partial charge in [0.1, 0.15) is 0 Å². The SMILES string of the molecule is Cc1c(Cl)cccc1Nc1ccc(C(=O)N2CCCC2)nn1. The van der Waals surface area contributed by atoms with Crippen molar-refractivity contribution in [2.24, 2.45) is 0 Å². The van der Waals surface area contributed by atoms with Crippen LogP contribution in [0.2, 0.25) is 5.02 Å². The molecular formula is C16H17ClN4O. The van der Waals surface area contributed by atoms with Gasteiger partial charge in [0.2, 0.25) is 0 Å². The van der Waals surface area contributed by atoms with Gasteiger partial charge in [-0.3, -0.25) is 4.79 Å². The van der Waals surface area contributed by atoms with E-state index in [2.05, 4.69) is 15.5 Å². The van der Waals surface area contributed by atoms with Crippen molar-refractivity contribution in [1.82, 2.24) is 15.1 Å². The lowest BCUT2D eigenvalue weighted by molar-refractivity contribution is 0.0786. The summed E-state index contributed by atoms with van der Waals surface area (Å²) < 4.78 is 0. The van der Waals surface area contributed by atoms with Crippen molar-refractivity contribution >= 4 is 29.0 Å². The minimum absolute atomic E-state index is 0.0458. The number of carbonyl (C=O) groups is 1. The van der Waals surface area contributed by atoms with Gasteiger partial charge in [-0.15, -0.1) is 10.2 Å². The zero-order valence-corrected chi connectivity index (χ0v) is 13.1. The average molecular weight is 317 g/mol.